The zero-order valence-corrected chi connectivity index (χ0v) is 9.14. The van der Waals surface area contributed by atoms with E-state index in [1.165, 1.54) is 0 Å². The van der Waals surface area contributed by atoms with Gasteiger partial charge in [-0.25, -0.2) is 0 Å². The van der Waals surface area contributed by atoms with E-state index in [1.54, 1.807) is 0 Å². The maximum atomic E-state index is 8.57. The minimum atomic E-state index is 0.731. The number of nitrogens with zero attached hydrogens (tertiary/aromatic N) is 1. The molecule has 0 N–H and O–H groups in total. The second-order valence-electron chi connectivity index (χ2n) is 2.07. The smallest absolute Gasteiger partial charge is 0.0994 e. The van der Waals surface area contributed by atoms with Crippen molar-refractivity contribution in [2.45, 2.75) is 20.8 Å². The molecule has 0 unspecified atom stereocenters. The van der Waals surface area contributed by atoms with Gasteiger partial charge in [0.05, 0.1) is 11.6 Å². The summed E-state index contributed by atoms with van der Waals surface area (Å²) in [5.41, 5.74) is 1.75. The molecular formula is C10H12BrN. The molecule has 0 aliphatic heterocycles. The van der Waals surface area contributed by atoms with Gasteiger partial charge in [-0.15, -0.1) is 0 Å². The van der Waals surface area contributed by atoms with Crippen LogP contribution in [0.15, 0.2) is 22.7 Å². The minimum Gasteiger partial charge on any atom is -0.192 e. The zero-order chi connectivity index (χ0) is 9.56. The third-order valence-electron chi connectivity index (χ3n) is 1.32. The van der Waals surface area contributed by atoms with Gasteiger partial charge < -0.3 is 0 Å². The average molecular weight is 226 g/mol. The van der Waals surface area contributed by atoms with Crippen LogP contribution < -0.4 is 0 Å². The van der Waals surface area contributed by atoms with E-state index in [4.69, 9.17) is 5.26 Å². The summed E-state index contributed by atoms with van der Waals surface area (Å²) in [6.45, 7) is 5.92. The van der Waals surface area contributed by atoms with Gasteiger partial charge in [-0.3, -0.25) is 0 Å². The molecule has 0 bridgehead atoms. The Morgan fingerprint density at radius 3 is 2.33 bits per heavy atom. The van der Waals surface area contributed by atoms with E-state index in [0.29, 0.717) is 0 Å². The number of rotatable bonds is 0. The lowest BCUT2D eigenvalue weighted by molar-refractivity contribution is 1.38. The van der Waals surface area contributed by atoms with Gasteiger partial charge in [-0.2, -0.15) is 5.26 Å². The molecule has 1 aromatic rings. The second kappa shape index (κ2) is 5.79. The summed E-state index contributed by atoms with van der Waals surface area (Å²) in [7, 11) is 0. The Morgan fingerprint density at radius 1 is 1.33 bits per heavy atom. The number of benzene rings is 1. The third-order valence-corrected chi connectivity index (χ3v) is 1.81. The summed E-state index contributed by atoms with van der Waals surface area (Å²) in [5, 5.41) is 8.57. The van der Waals surface area contributed by atoms with E-state index in [1.807, 2.05) is 39.0 Å². The van der Waals surface area contributed by atoms with Crippen molar-refractivity contribution < 1.29 is 0 Å². The van der Waals surface area contributed by atoms with Crippen LogP contribution in [0.3, 0.4) is 0 Å². The van der Waals surface area contributed by atoms with Gasteiger partial charge in [0.1, 0.15) is 0 Å². The lowest BCUT2D eigenvalue weighted by Gasteiger charge is -1.94. The SMILES string of the molecule is CC.Cc1ccc(Br)cc1C#N. The summed E-state index contributed by atoms with van der Waals surface area (Å²) in [5.74, 6) is 0. The van der Waals surface area contributed by atoms with Gasteiger partial charge >= 0.3 is 0 Å². The maximum Gasteiger partial charge on any atom is 0.0994 e. The summed E-state index contributed by atoms with van der Waals surface area (Å²) >= 11 is 3.29. The van der Waals surface area contributed by atoms with Gasteiger partial charge in [0.25, 0.3) is 0 Å². The monoisotopic (exact) mass is 225 g/mol. The van der Waals surface area contributed by atoms with Crippen molar-refractivity contribution in [1.29, 1.82) is 5.26 Å². The quantitative estimate of drug-likeness (QED) is 0.662. The first-order chi connectivity index (χ1) is 5.74. The van der Waals surface area contributed by atoms with Crippen LogP contribution in [0, 0.1) is 18.3 Å². The van der Waals surface area contributed by atoms with Crippen molar-refractivity contribution in [3.8, 4) is 6.07 Å². The molecule has 0 saturated carbocycles. The van der Waals surface area contributed by atoms with Crippen LogP contribution in [-0.4, -0.2) is 0 Å². The first-order valence-corrected chi connectivity index (χ1v) is 4.69. The Morgan fingerprint density at radius 2 is 1.92 bits per heavy atom. The summed E-state index contributed by atoms with van der Waals surface area (Å²) in [4.78, 5) is 0. The molecule has 12 heavy (non-hydrogen) atoms. The fourth-order valence-corrected chi connectivity index (χ4v) is 1.08. The molecule has 1 aromatic carbocycles. The lowest BCUT2D eigenvalue weighted by atomic mass is 10.1. The van der Waals surface area contributed by atoms with Crippen molar-refractivity contribution >= 4 is 15.9 Å². The molecule has 0 aliphatic rings. The molecule has 0 spiro atoms. The molecule has 0 saturated heterocycles. The third kappa shape index (κ3) is 3.06. The van der Waals surface area contributed by atoms with Crippen LogP contribution in [0.2, 0.25) is 0 Å². The molecule has 0 fully saturated rings. The maximum absolute atomic E-state index is 8.57. The highest BCUT2D eigenvalue weighted by molar-refractivity contribution is 9.10. The van der Waals surface area contributed by atoms with Crippen LogP contribution in [0.5, 0.6) is 0 Å². The van der Waals surface area contributed by atoms with E-state index in [0.717, 1.165) is 15.6 Å². The van der Waals surface area contributed by atoms with E-state index in [9.17, 15) is 0 Å². The fraction of sp³-hybridized carbons (Fsp3) is 0.300. The minimum absolute atomic E-state index is 0.731. The molecule has 0 atom stereocenters. The topological polar surface area (TPSA) is 23.8 Å². The summed E-state index contributed by atoms with van der Waals surface area (Å²) in [6.07, 6.45) is 0. The van der Waals surface area contributed by atoms with E-state index in [2.05, 4.69) is 22.0 Å². The number of hydrogen-bond donors (Lipinski definition) is 0. The van der Waals surface area contributed by atoms with Gasteiger partial charge in [-0.05, 0) is 24.6 Å². The molecule has 0 aromatic heterocycles. The number of nitriles is 1. The van der Waals surface area contributed by atoms with Gasteiger partial charge in [0.2, 0.25) is 0 Å². The van der Waals surface area contributed by atoms with E-state index < -0.39 is 0 Å². The molecule has 0 radical (unpaired) electrons. The molecule has 0 aliphatic carbocycles. The predicted octanol–water partition coefficient (Wildman–Crippen LogP) is 3.66. The Labute approximate surface area is 82.2 Å². The van der Waals surface area contributed by atoms with Gasteiger partial charge in [0.15, 0.2) is 0 Å². The predicted molar refractivity (Wildman–Crippen MR) is 54.9 cm³/mol. The summed E-state index contributed by atoms with van der Waals surface area (Å²) in [6, 6.07) is 7.77. The molecule has 64 valence electrons. The van der Waals surface area contributed by atoms with E-state index >= 15 is 0 Å². The van der Waals surface area contributed by atoms with Crippen LogP contribution in [-0.2, 0) is 0 Å². The van der Waals surface area contributed by atoms with Crippen molar-refractivity contribution in [1.82, 2.24) is 0 Å². The Kier molecular flexibility index (Phi) is 5.40. The van der Waals surface area contributed by atoms with Gasteiger partial charge in [0, 0.05) is 4.47 Å². The van der Waals surface area contributed by atoms with E-state index in [-0.39, 0.29) is 0 Å². The van der Waals surface area contributed by atoms with Crippen molar-refractivity contribution in [2.24, 2.45) is 0 Å². The van der Waals surface area contributed by atoms with Crippen molar-refractivity contribution in [3.63, 3.8) is 0 Å². The Hall–Kier alpha value is -0.810. The summed E-state index contributed by atoms with van der Waals surface area (Å²) < 4.78 is 0.953. The van der Waals surface area contributed by atoms with Crippen molar-refractivity contribution in [3.05, 3.63) is 33.8 Å². The molecule has 0 heterocycles. The van der Waals surface area contributed by atoms with Crippen LogP contribution in [0.1, 0.15) is 25.0 Å². The highest BCUT2D eigenvalue weighted by Crippen LogP contribution is 2.14. The van der Waals surface area contributed by atoms with Crippen molar-refractivity contribution in [2.75, 3.05) is 0 Å². The molecule has 2 heteroatoms. The highest BCUT2D eigenvalue weighted by atomic mass is 79.9. The number of halogens is 1. The molecule has 1 rings (SSSR count). The highest BCUT2D eigenvalue weighted by Gasteiger charge is 1.95. The zero-order valence-electron chi connectivity index (χ0n) is 7.56. The molecular weight excluding hydrogens is 214 g/mol. The van der Waals surface area contributed by atoms with Crippen LogP contribution in [0.25, 0.3) is 0 Å². The van der Waals surface area contributed by atoms with Crippen LogP contribution in [0.4, 0.5) is 0 Å². The number of aryl methyl sites for hydroxylation is 1. The molecule has 1 nitrogen and oxygen atoms in total. The molecule has 0 amide bonds. The first-order valence-electron chi connectivity index (χ1n) is 3.90. The average Bonchev–Trinajstić information content (AvgIpc) is 2.13. The van der Waals surface area contributed by atoms with Crippen LogP contribution >= 0.6 is 15.9 Å². The second-order valence-corrected chi connectivity index (χ2v) is 2.99. The Balaban J connectivity index is 0.000000561. The largest absolute Gasteiger partial charge is 0.192 e. The fourth-order valence-electron chi connectivity index (χ4n) is 0.715. The number of hydrogen-bond acceptors (Lipinski definition) is 1. The first kappa shape index (κ1) is 11.2. The standard InChI is InChI=1S/C8H6BrN.C2H6/c1-6-2-3-8(9)4-7(6)5-10;1-2/h2-4H,1H3;1-2H3. The van der Waals surface area contributed by atoms with Gasteiger partial charge in [-0.1, -0.05) is 35.8 Å². The Bertz CT molecular complexity index is 286. The normalized spacial score (nSPS) is 7.92. The lowest BCUT2D eigenvalue weighted by Crippen LogP contribution is -1.79.